The van der Waals surface area contributed by atoms with Crippen LogP contribution in [0.1, 0.15) is 39.6 Å². The zero-order valence-corrected chi connectivity index (χ0v) is 12.3. The molecule has 1 aliphatic rings. The number of nitrogens with one attached hydrogen (secondary N) is 1. The number of hydrogen-bond acceptors (Lipinski definition) is 3. The molecular formula is C15H14BrNO3. The molecule has 1 aromatic heterocycles. The molecule has 20 heavy (non-hydrogen) atoms. The minimum absolute atomic E-state index is 0.0715. The fraction of sp³-hybridized carbons (Fsp3) is 0.267. The van der Waals surface area contributed by atoms with Crippen LogP contribution in [0.2, 0.25) is 0 Å². The van der Waals surface area contributed by atoms with Gasteiger partial charge in [-0.2, -0.15) is 0 Å². The highest BCUT2D eigenvalue weighted by molar-refractivity contribution is 9.10. The number of benzene rings is 1. The van der Waals surface area contributed by atoms with Gasteiger partial charge in [-0.1, -0.05) is 12.1 Å². The Bertz CT molecular complexity index is 650. The molecule has 5 heteroatoms. The average molecular weight is 336 g/mol. The van der Waals surface area contributed by atoms with Gasteiger partial charge in [0.05, 0.1) is 6.26 Å². The van der Waals surface area contributed by atoms with E-state index in [0.29, 0.717) is 27.9 Å². The number of halogens is 1. The summed E-state index contributed by atoms with van der Waals surface area (Å²) in [6, 6.07) is 7.26. The third-order valence-corrected chi connectivity index (χ3v) is 4.19. The first-order valence-corrected chi connectivity index (χ1v) is 7.28. The van der Waals surface area contributed by atoms with Gasteiger partial charge in [0.15, 0.2) is 4.67 Å². The van der Waals surface area contributed by atoms with Gasteiger partial charge in [0.1, 0.15) is 6.10 Å². The highest BCUT2D eigenvalue weighted by Crippen LogP contribution is 2.30. The fourth-order valence-corrected chi connectivity index (χ4v) is 2.91. The number of amides is 1. The lowest BCUT2D eigenvalue weighted by Crippen LogP contribution is -2.22. The maximum atomic E-state index is 12.0. The Hall–Kier alpha value is -1.59. The molecule has 1 unspecified atom stereocenters. The summed E-state index contributed by atoms with van der Waals surface area (Å²) in [5.74, 6) is -0.0715. The summed E-state index contributed by atoms with van der Waals surface area (Å²) in [7, 11) is 0. The lowest BCUT2D eigenvalue weighted by Gasteiger charge is -2.13. The summed E-state index contributed by atoms with van der Waals surface area (Å²) in [5, 5.41) is 13.3. The third kappa shape index (κ3) is 2.39. The first-order valence-electron chi connectivity index (χ1n) is 6.49. The van der Waals surface area contributed by atoms with E-state index in [1.807, 2.05) is 12.1 Å². The molecule has 2 heterocycles. The van der Waals surface area contributed by atoms with E-state index in [4.69, 9.17) is 4.42 Å². The number of rotatable bonds is 2. The van der Waals surface area contributed by atoms with Crippen molar-refractivity contribution < 1.29 is 14.3 Å². The standard InChI is InChI=1S/C15H14BrNO3/c16-14-11(5-7-20-14)13(18)10-4-3-9-2-1-6-17-15(19)12(9)8-10/h3-5,7-8,13,18H,1-2,6H2,(H,17,19). The number of furan rings is 1. The van der Waals surface area contributed by atoms with Crippen molar-refractivity contribution in [2.45, 2.75) is 18.9 Å². The summed E-state index contributed by atoms with van der Waals surface area (Å²) < 4.78 is 5.64. The molecule has 104 valence electrons. The number of hydrogen-bond donors (Lipinski definition) is 2. The van der Waals surface area contributed by atoms with Gasteiger partial charge < -0.3 is 14.8 Å². The van der Waals surface area contributed by atoms with E-state index in [1.54, 1.807) is 12.1 Å². The van der Waals surface area contributed by atoms with Gasteiger partial charge >= 0.3 is 0 Å². The SMILES string of the molecule is O=C1NCCCc2ccc(C(O)c3ccoc3Br)cc21. The minimum Gasteiger partial charge on any atom is -0.457 e. The van der Waals surface area contributed by atoms with E-state index < -0.39 is 6.10 Å². The first-order chi connectivity index (χ1) is 9.66. The van der Waals surface area contributed by atoms with E-state index >= 15 is 0 Å². The minimum atomic E-state index is -0.815. The van der Waals surface area contributed by atoms with Crippen molar-refractivity contribution in [2.75, 3.05) is 6.54 Å². The van der Waals surface area contributed by atoms with Crippen LogP contribution >= 0.6 is 15.9 Å². The van der Waals surface area contributed by atoms with Gasteiger partial charge in [-0.15, -0.1) is 0 Å². The Morgan fingerprint density at radius 2 is 2.20 bits per heavy atom. The average Bonchev–Trinajstić information content (AvgIpc) is 2.79. The van der Waals surface area contributed by atoms with Crippen molar-refractivity contribution in [3.8, 4) is 0 Å². The Kier molecular flexibility index (Phi) is 3.63. The van der Waals surface area contributed by atoms with E-state index in [-0.39, 0.29) is 5.91 Å². The van der Waals surface area contributed by atoms with Crippen molar-refractivity contribution in [2.24, 2.45) is 0 Å². The first kappa shape index (κ1) is 13.4. The van der Waals surface area contributed by atoms with E-state index in [2.05, 4.69) is 21.2 Å². The van der Waals surface area contributed by atoms with Gasteiger partial charge in [0.2, 0.25) is 0 Å². The van der Waals surface area contributed by atoms with Gasteiger partial charge in [0, 0.05) is 17.7 Å². The monoisotopic (exact) mass is 335 g/mol. The van der Waals surface area contributed by atoms with Crippen molar-refractivity contribution >= 4 is 21.8 Å². The molecule has 2 aromatic rings. The number of carbonyl (C=O) groups excluding carboxylic acids is 1. The van der Waals surface area contributed by atoms with Crippen LogP contribution in [0.5, 0.6) is 0 Å². The van der Waals surface area contributed by atoms with Crippen LogP contribution in [-0.2, 0) is 6.42 Å². The smallest absolute Gasteiger partial charge is 0.251 e. The number of fused-ring (bicyclic) bond motifs is 1. The number of carbonyl (C=O) groups is 1. The van der Waals surface area contributed by atoms with Crippen molar-refractivity contribution in [1.82, 2.24) is 5.32 Å². The molecule has 1 aliphatic heterocycles. The van der Waals surface area contributed by atoms with Crippen LogP contribution in [0.4, 0.5) is 0 Å². The molecule has 0 bridgehead atoms. The van der Waals surface area contributed by atoms with Gasteiger partial charge in [-0.3, -0.25) is 4.79 Å². The predicted molar refractivity (Wildman–Crippen MR) is 77.6 cm³/mol. The third-order valence-electron chi connectivity index (χ3n) is 3.54. The molecule has 0 spiro atoms. The summed E-state index contributed by atoms with van der Waals surface area (Å²) in [6.45, 7) is 0.693. The molecule has 2 N–H and O–H groups in total. The van der Waals surface area contributed by atoms with Crippen molar-refractivity contribution in [3.63, 3.8) is 0 Å². The maximum Gasteiger partial charge on any atom is 0.251 e. The zero-order valence-electron chi connectivity index (χ0n) is 10.7. The quantitative estimate of drug-likeness (QED) is 0.887. The number of aliphatic hydroxyl groups excluding tert-OH is 1. The molecule has 0 radical (unpaired) electrons. The molecule has 0 aliphatic carbocycles. The normalized spacial score (nSPS) is 16.2. The number of aliphatic hydroxyl groups is 1. The second-order valence-electron chi connectivity index (χ2n) is 4.83. The van der Waals surface area contributed by atoms with Crippen LogP contribution in [0.15, 0.2) is 39.6 Å². The molecule has 0 saturated heterocycles. The Labute approximate surface area is 124 Å². The lowest BCUT2D eigenvalue weighted by atomic mass is 9.96. The molecule has 1 aromatic carbocycles. The van der Waals surface area contributed by atoms with Crippen molar-refractivity contribution in [1.29, 1.82) is 0 Å². The summed E-state index contributed by atoms with van der Waals surface area (Å²) in [6.07, 6.45) is 2.51. The van der Waals surface area contributed by atoms with Gasteiger partial charge in [-0.25, -0.2) is 0 Å². The Balaban J connectivity index is 2.00. The summed E-state index contributed by atoms with van der Waals surface area (Å²) >= 11 is 3.26. The van der Waals surface area contributed by atoms with E-state index in [1.165, 1.54) is 6.26 Å². The number of aryl methyl sites for hydroxylation is 1. The highest BCUT2D eigenvalue weighted by Gasteiger charge is 2.20. The van der Waals surface area contributed by atoms with Crippen molar-refractivity contribution in [3.05, 3.63) is 57.5 Å². The second-order valence-corrected chi connectivity index (χ2v) is 5.55. The molecule has 0 fully saturated rings. The molecule has 1 atom stereocenters. The predicted octanol–water partition coefficient (Wildman–Crippen LogP) is 2.80. The fourth-order valence-electron chi connectivity index (χ4n) is 2.45. The highest BCUT2D eigenvalue weighted by atomic mass is 79.9. The van der Waals surface area contributed by atoms with Gasteiger partial charge in [0.25, 0.3) is 5.91 Å². The molecule has 1 amide bonds. The van der Waals surface area contributed by atoms with Crippen LogP contribution < -0.4 is 5.32 Å². The van der Waals surface area contributed by atoms with Gasteiger partial charge in [-0.05, 0) is 52.0 Å². The molecule has 3 rings (SSSR count). The van der Waals surface area contributed by atoms with Crippen LogP contribution in [-0.4, -0.2) is 17.6 Å². The molecule has 0 saturated carbocycles. The summed E-state index contributed by atoms with van der Waals surface area (Å²) in [5.41, 5.74) is 3.02. The van der Waals surface area contributed by atoms with Crippen LogP contribution in [0, 0.1) is 0 Å². The zero-order chi connectivity index (χ0) is 14.1. The molecule has 4 nitrogen and oxygen atoms in total. The second kappa shape index (κ2) is 5.42. The van der Waals surface area contributed by atoms with Crippen LogP contribution in [0.3, 0.4) is 0 Å². The molecular weight excluding hydrogens is 322 g/mol. The lowest BCUT2D eigenvalue weighted by molar-refractivity contribution is 0.0956. The maximum absolute atomic E-state index is 12.0. The largest absolute Gasteiger partial charge is 0.457 e. The van der Waals surface area contributed by atoms with Crippen LogP contribution in [0.25, 0.3) is 0 Å². The Morgan fingerprint density at radius 3 is 2.95 bits per heavy atom. The Morgan fingerprint density at radius 1 is 1.35 bits per heavy atom. The van der Waals surface area contributed by atoms with E-state index in [0.717, 1.165) is 18.4 Å². The summed E-state index contributed by atoms with van der Waals surface area (Å²) in [4.78, 5) is 12.0. The topological polar surface area (TPSA) is 62.5 Å². The van der Waals surface area contributed by atoms with E-state index in [9.17, 15) is 9.90 Å².